The zero-order valence-corrected chi connectivity index (χ0v) is 6.20. The highest BCUT2D eigenvalue weighted by Crippen LogP contribution is 1.97. The molecule has 2 N–H and O–H groups in total. The summed E-state index contributed by atoms with van der Waals surface area (Å²) in [6.45, 7) is 0. The van der Waals surface area contributed by atoms with Gasteiger partial charge in [-0.05, 0) is 0 Å². The molecule has 0 aromatic carbocycles. The van der Waals surface area contributed by atoms with E-state index in [1.165, 1.54) is 0 Å². The quantitative estimate of drug-likeness (QED) is 0.324. The molecule has 0 aliphatic rings. The molecule has 0 fully saturated rings. The van der Waals surface area contributed by atoms with E-state index in [0.29, 0.717) is 0 Å². The predicted octanol–water partition coefficient (Wildman–Crippen LogP) is -1.26. The Hall–Kier alpha value is -0.140. The van der Waals surface area contributed by atoms with Gasteiger partial charge in [-0.1, -0.05) is 18.0 Å². The minimum Gasteiger partial charge on any atom is -0.282 e. The second kappa shape index (κ2) is 4.68. The van der Waals surface area contributed by atoms with Crippen molar-refractivity contribution in [3.05, 3.63) is 0 Å². The van der Waals surface area contributed by atoms with Gasteiger partial charge in [0.2, 0.25) is 0 Å². The first-order valence-corrected chi connectivity index (χ1v) is 4.06. The molecule has 0 amide bonds. The Morgan fingerprint density at radius 1 is 1.27 bits per heavy atom. The van der Waals surface area contributed by atoms with Crippen molar-refractivity contribution in [1.29, 1.82) is 0 Å². The van der Waals surface area contributed by atoms with Gasteiger partial charge in [0, 0.05) is 0 Å². The summed E-state index contributed by atoms with van der Waals surface area (Å²) in [6, 6.07) is 0. The van der Waals surface area contributed by atoms with E-state index in [2.05, 4.69) is 18.0 Å². The van der Waals surface area contributed by atoms with Crippen LogP contribution in [0.25, 0.3) is 0 Å². The average molecular weight is 210 g/mol. The van der Waals surface area contributed by atoms with E-state index in [1.54, 1.807) is 0 Å². The van der Waals surface area contributed by atoms with Crippen molar-refractivity contribution in [2.45, 2.75) is 0 Å². The number of rotatable bonds is 5. The molecule has 68 valence electrons. The highest BCUT2D eigenvalue weighted by atomic mass is 32.3. The van der Waals surface area contributed by atoms with E-state index in [9.17, 15) is 12.6 Å². The third kappa shape index (κ3) is 6.27. The summed E-state index contributed by atoms with van der Waals surface area (Å²) in [5.74, 6) is 0. The molecule has 0 radical (unpaired) electrons. The van der Waals surface area contributed by atoms with Gasteiger partial charge in [-0.3, -0.25) is 4.55 Å². The molecule has 0 bridgehead atoms. The van der Waals surface area contributed by atoms with Crippen LogP contribution in [0.1, 0.15) is 0 Å². The largest absolute Gasteiger partial charge is 0.456 e. The van der Waals surface area contributed by atoms with Crippen molar-refractivity contribution in [3.63, 3.8) is 0 Å². The maximum absolute atomic E-state index is 10.0. The van der Waals surface area contributed by atoms with Gasteiger partial charge in [-0.25, -0.2) is 5.26 Å². The Balaban J connectivity index is 3.84. The van der Waals surface area contributed by atoms with E-state index >= 15 is 0 Å². The SMILES string of the molecule is O=S(O)OOS(=O)(=O)OOO. The minimum atomic E-state index is -4.77. The van der Waals surface area contributed by atoms with Crippen LogP contribution in [-0.4, -0.2) is 22.4 Å². The fraction of sp³-hybridized carbons (Fsp3) is 0. The summed E-state index contributed by atoms with van der Waals surface area (Å²) in [7, 11) is -4.77. The molecule has 0 aromatic heterocycles. The zero-order chi connectivity index (χ0) is 8.91. The summed E-state index contributed by atoms with van der Waals surface area (Å²) in [5.41, 5.74) is 0. The first-order valence-electron chi connectivity index (χ1n) is 1.70. The van der Waals surface area contributed by atoms with Crippen LogP contribution in [0, 0.1) is 0 Å². The molecular formula is H2O9S2. The van der Waals surface area contributed by atoms with Crippen LogP contribution in [0.3, 0.4) is 0 Å². The second-order valence-electron chi connectivity index (χ2n) is 0.904. The molecule has 0 saturated heterocycles. The third-order valence-electron chi connectivity index (χ3n) is 0.283. The smallest absolute Gasteiger partial charge is 0.282 e. The molecule has 0 rings (SSSR count). The standard InChI is InChI=1S/H2O9S2/c1-6-8-11(4,5)9-7-10(2)3/h1H,(H,2,3). The van der Waals surface area contributed by atoms with E-state index in [0.717, 1.165) is 0 Å². The molecule has 1 atom stereocenters. The lowest BCUT2D eigenvalue weighted by Gasteiger charge is -1.95. The molecule has 0 heterocycles. The van der Waals surface area contributed by atoms with E-state index in [-0.39, 0.29) is 0 Å². The lowest BCUT2D eigenvalue weighted by Crippen LogP contribution is -2.11. The maximum atomic E-state index is 10.0. The molecule has 11 heteroatoms. The Bertz CT molecular complexity index is 210. The summed E-state index contributed by atoms with van der Waals surface area (Å²) < 4.78 is 46.8. The van der Waals surface area contributed by atoms with E-state index < -0.39 is 21.8 Å². The highest BCUT2D eigenvalue weighted by molar-refractivity contribution is 7.82. The normalized spacial score (nSPS) is 14.7. The van der Waals surface area contributed by atoms with Gasteiger partial charge in [0.1, 0.15) is 0 Å². The molecule has 0 spiro atoms. The first-order chi connectivity index (χ1) is 4.98. The predicted molar refractivity (Wildman–Crippen MR) is 26.7 cm³/mol. The van der Waals surface area contributed by atoms with Gasteiger partial charge >= 0.3 is 21.8 Å². The van der Waals surface area contributed by atoms with Crippen molar-refractivity contribution in [2.24, 2.45) is 0 Å². The van der Waals surface area contributed by atoms with E-state index in [1.807, 2.05) is 0 Å². The summed E-state index contributed by atoms with van der Waals surface area (Å²) in [6.07, 6.45) is 0. The lowest BCUT2D eigenvalue weighted by molar-refractivity contribution is -0.442. The van der Waals surface area contributed by atoms with Crippen molar-refractivity contribution < 1.29 is 40.5 Å². The topological polar surface area (TPSA) is 129 Å². The van der Waals surface area contributed by atoms with Crippen LogP contribution in [0.15, 0.2) is 0 Å². The fourth-order valence-electron chi connectivity index (χ4n) is 0.106. The third-order valence-corrected chi connectivity index (χ3v) is 1.02. The van der Waals surface area contributed by atoms with Gasteiger partial charge < -0.3 is 0 Å². The Kier molecular flexibility index (Phi) is 4.62. The molecule has 0 saturated carbocycles. The number of hydrogen-bond donors (Lipinski definition) is 2. The molecule has 0 aliphatic carbocycles. The van der Waals surface area contributed by atoms with Gasteiger partial charge in [-0.15, -0.1) is 0 Å². The Labute approximate surface area is 63.0 Å². The first kappa shape index (κ1) is 10.9. The summed E-state index contributed by atoms with van der Waals surface area (Å²) in [4.78, 5) is 0. The van der Waals surface area contributed by atoms with Crippen molar-refractivity contribution in [1.82, 2.24) is 0 Å². The fourth-order valence-corrected chi connectivity index (χ4v) is 0.666. The molecule has 11 heavy (non-hydrogen) atoms. The van der Waals surface area contributed by atoms with Gasteiger partial charge in [0.25, 0.3) is 0 Å². The van der Waals surface area contributed by atoms with Crippen LogP contribution in [0.5, 0.6) is 0 Å². The van der Waals surface area contributed by atoms with E-state index in [4.69, 9.17) is 9.81 Å². The average Bonchev–Trinajstić information content (AvgIpc) is 1.84. The van der Waals surface area contributed by atoms with Gasteiger partial charge in [0.15, 0.2) is 0 Å². The molecule has 1 unspecified atom stereocenters. The summed E-state index contributed by atoms with van der Waals surface area (Å²) in [5, 5.41) is 10.1. The molecule has 0 aromatic rings. The second-order valence-corrected chi connectivity index (χ2v) is 2.56. The molecular weight excluding hydrogens is 208 g/mol. The Morgan fingerprint density at radius 2 is 1.82 bits per heavy atom. The Morgan fingerprint density at radius 3 is 2.18 bits per heavy atom. The number of hydrogen-bond acceptors (Lipinski definition) is 8. The van der Waals surface area contributed by atoms with Gasteiger partial charge in [0.05, 0.1) is 0 Å². The van der Waals surface area contributed by atoms with Crippen LogP contribution in [0.2, 0.25) is 0 Å². The lowest BCUT2D eigenvalue weighted by atomic mass is 14.6. The minimum absolute atomic E-state index is 2.67. The van der Waals surface area contributed by atoms with Crippen LogP contribution in [-0.2, 0) is 39.8 Å². The summed E-state index contributed by atoms with van der Waals surface area (Å²) >= 11 is -2.93. The zero-order valence-electron chi connectivity index (χ0n) is 4.57. The van der Waals surface area contributed by atoms with Crippen LogP contribution in [0.4, 0.5) is 0 Å². The van der Waals surface area contributed by atoms with Gasteiger partial charge in [-0.2, -0.15) is 12.6 Å². The van der Waals surface area contributed by atoms with Crippen molar-refractivity contribution in [3.8, 4) is 0 Å². The van der Waals surface area contributed by atoms with Crippen LogP contribution < -0.4 is 0 Å². The van der Waals surface area contributed by atoms with Crippen molar-refractivity contribution in [2.75, 3.05) is 0 Å². The maximum Gasteiger partial charge on any atom is 0.456 e. The van der Waals surface area contributed by atoms with Crippen molar-refractivity contribution >= 4 is 21.8 Å². The monoisotopic (exact) mass is 210 g/mol. The highest BCUT2D eigenvalue weighted by Gasteiger charge is 2.16. The molecule has 9 nitrogen and oxygen atoms in total. The molecule has 0 aliphatic heterocycles. The van der Waals surface area contributed by atoms with Crippen LogP contribution >= 0.6 is 0 Å².